The molecule has 1 amide bonds. The summed E-state index contributed by atoms with van der Waals surface area (Å²) in [7, 11) is 0. The number of hydrogen-bond acceptors (Lipinski definition) is 2. The van der Waals surface area contributed by atoms with Gasteiger partial charge in [0.25, 0.3) is 0 Å². The number of amides is 1. The molecule has 0 aliphatic rings. The van der Waals surface area contributed by atoms with Crippen LogP contribution in [0.2, 0.25) is 5.02 Å². The van der Waals surface area contributed by atoms with E-state index < -0.39 is 5.82 Å². The van der Waals surface area contributed by atoms with E-state index in [9.17, 15) is 9.18 Å². The Labute approximate surface area is 92.4 Å². The number of carbonyl (C=O) groups is 1. The molecular formula is C10H12ClFN2O. The molecule has 1 rings (SSSR count). The SMILES string of the molecule is CC(CN)C(=O)Nc1c(F)cccc1Cl. The Balaban J connectivity index is 2.85. The summed E-state index contributed by atoms with van der Waals surface area (Å²) < 4.78 is 13.2. The van der Waals surface area contributed by atoms with Gasteiger partial charge in [0.05, 0.1) is 10.7 Å². The number of benzene rings is 1. The van der Waals surface area contributed by atoms with Gasteiger partial charge in [-0.15, -0.1) is 0 Å². The number of nitrogens with two attached hydrogens (primary N) is 1. The molecule has 0 bridgehead atoms. The van der Waals surface area contributed by atoms with Crippen LogP contribution >= 0.6 is 11.6 Å². The highest BCUT2D eigenvalue weighted by Gasteiger charge is 2.14. The number of halogens is 2. The summed E-state index contributed by atoms with van der Waals surface area (Å²) in [6.07, 6.45) is 0. The summed E-state index contributed by atoms with van der Waals surface area (Å²) in [4.78, 5) is 11.4. The minimum atomic E-state index is -0.555. The molecule has 15 heavy (non-hydrogen) atoms. The molecule has 3 N–H and O–H groups in total. The first-order valence-corrected chi connectivity index (χ1v) is 4.89. The van der Waals surface area contributed by atoms with Crippen LogP contribution in [0.4, 0.5) is 10.1 Å². The van der Waals surface area contributed by atoms with Crippen LogP contribution in [0.5, 0.6) is 0 Å². The third-order valence-electron chi connectivity index (χ3n) is 2.01. The number of anilines is 1. The Morgan fingerprint density at radius 1 is 1.67 bits per heavy atom. The Bertz CT molecular complexity index is 350. The van der Waals surface area contributed by atoms with E-state index in [-0.39, 0.29) is 29.1 Å². The molecular weight excluding hydrogens is 219 g/mol. The van der Waals surface area contributed by atoms with Crippen LogP contribution in [-0.4, -0.2) is 12.5 Å². The average Bonchev–Trinajstić information content (AvgIpc) is 2.22. The van der Waals surface area contributed by atoms with E-state index in [0.717, 1.165) is 0 Å². The predicted molar refractivity (Wildman–Crippen MR) is 58.3 cm³/mol. The van der Waals surface area contributed by atoms with Gasteiger partial charge in [0, 0.05) is 12.5 Å². The van der Waals surface area contributed by atoms with Gasteiger partial charge in [0.1, 0.15) is 5.82 Å². The third-order valence-corrected chi connectivity index (χ3v) is 2.33. The Morgan fingerprint density at radius 3 is 2.87 bits per heavy atom. The molecule has 0 radical (unpaired) electrons. The first-order valence-electron chi connectivity index (χ1n) is 4.51. The summed E-state index contributed by atoms with van der Waals surface area (Å²) in [5.41, 5.74) is 5.32. The minimum absolute atomic E-state index is 0.00414. The topological polar surface area (TPSA) is 55.1 Å². The van der Waals surface area contributed by atoms with Crippen molar-refractivity contribution in [1.82, 2.24) is 0 Å². The second-order valence-electron chi connectivity index (χ2n) is 3.22. The molecule has 0 aliphatic carbocycles. The number of nitrogens with one attached hydrogen (secondary N) is 1. The van der Waals surface area contributed by atoms with E-state index in [0.29, 0.717) is 0 Å². The molecule has 3 nitrogen and oxygen atoms in total. The number of rotatable bonds is 3. The van der Waals surface area contributed by atoms with Crippen LogP contribution in [0, 0.1) is 11.7 Å². The fraction of sp³-hybridized carbons (Fsp3) is 0.300. The molecule has 0 aliphatic heterocycles. The van der Waals surface area contributed by atoms with Gasteiger partial charge in [-0.1, -0.05) is 24.6 Å². The molecule has 1 atom stereocenters. The lowest BCUT2D eigenvalue weighted by molar-refractivity contribution is -0.119. The summed E-state index contributed by atoms with van der Waals surface area (Å²) in [5, 5.41) is 2.58. The van der Waals surface area contributed by atoms with Crippen molar-refractivity contribution in [3.8, 4) is 0 Å². The van der Waals surface area contributed by atoms with Crippen LogP contribution in [0.1, 0.15) is 6.92 Å². The maximum absolute atomic E-state index is 13.2. The van der Waals surface area contributed by atoms with Crippen molar-refractivity contribution in [2.75, 3.05) is 11.9 Å². The van der Waals surface area contributed by atoms with Crippen molar-refractivity contribution >= 4 is 23.2 Å². The molecule has 1 aromatic carbocycles. The Kier molecular flexibility index (Phi) is 4.05. The van der Waals surface area contributed by atoms with Gasteiger partial charge in [0.15, 0.2) is 0 Å². The van der Waals surface area contributed by atoms with Crippen LogP contribution in [0.25, 0.3) is 0 Å². The predicted octanol–water partition coefficient (Wildman–Crippen LogP) is 2.01. The first kappa shape index (κ1) is 11.9. The normalized spacial score (nSPS) is 12.3. The molecule has 82 valence electrons. The molecule has 0 spiro atoms. The van der Waals surface area contributed by atoms with Gasteiger partial charge in [-0.2, -0.15) is 0 Å². The monoisotopic (exact) mass is 230 g/mol. The molecule has 0 saturated carbocycles. The van der Waals surface area contributed by atoms with Crippen LogP contribution in [0.15, 0.2) is 18.2 Å². The highest BCUT2D eigenvalue weighted by Crippen LogP contribution is 2.24. The summed E-state index contributed by atoms with van der Waals surface area (Å²) in [6, 6.07) is 4.21. The van der Waals surface area contributed by atoms with E-state index in [2.05, 4.69) is 5.32 Å². The van der Waals surface area contributed by atoms with Gasteiger partial charge < -0.3 is 11.1 Å². The lowest BCUT2D eigenvalue weighted by atomic mass is 10.1. The third kappa shape index (κ3) is 2.91. The Morgan fingerprint density at radius 2 is 2.33 bits per heavy atom. The van der Waals surface area contributed by atoms with E-state index in [1.54, 1.807) is 6.92 Å². The summed E-state index contributed by atoms with van der Waals surface area (Å²) >= 11 is 5.74. The largest absolute Gasteiger partial charge is 0.330 e. The smallest absolute Gasteiger partial charge is 0.228 e. The number of para-hydroxylation sites is 1. The highest BCUT2D eigenvalue weighted by molar-refractivity contribution is 6.33. The van der Waals surface area contributed by atoms with Crippen LogP contribution in [-0.2, 0) is 4.79 Å². The van der Waals surface area contributed by atoms with Crippen LogP contribution < -0.4 is 11.1 Å². The highest BCUT2D eigenvalue weighted by atomic mass is 35.5. The second kappa shape index (κ2) is 5.09. The van der Waals surface area contributed by atoms with Gasteiger partial charge in [-0.25, -0.2) is 4.39 Å². The van der Waals surface area contributed by atoms with E-state index >= 15 is 0 Å². The quantitative estimate of drug-likeness (QED) is 0.835. The first-order chi connectivity index (χ1) is 7.06. The second-order valence-corrected chi connectivity index (χ2v) is 3.63. The average molecular weight is 231 g/mol. The van der Waals surface area contributed by atoms with Gasteiger partial charge in [-0.3, -0.25) is 4.79 Å². The maximum atomic E-state index is 13.2. The van der Waals surface area contributed by atoms with E-state index in [4.69, 9.17) is 17.3 Å². The zero-order chi connectivity index (χ0) is 11.4. The van der Waals surface area contributed by atoms with Crippen molar-refractivity contribution in [3.05, 3.63) is 29.0 Å². The van der Waals surface area contributed by atoms with E-state index in [1.807, 2.05) is 0 Å². The van der Waals surface area contributed by atoms with Gasteiger partial charge in [-0.05, 0) is 12.1 Å². The maximum Gasteiger partial charge on any atom is 0.228 e. The van der Waals surface area contributed by atoms with Crippen LogP contribution in [0.3, 0.4) is 0 Å². The molecule has 0 aromatic heterocycles. The summed E-state index contributed by atoms with van der Waals surface area (Å²) in [6.45, 7) is 1.86. The number of carbonyl (C=O) groups excluding carboxylic acids is 1. The lowest BCUT2D eigenvalue weighted by Crippen LogP contribution is -2.27. The lowest BCUT2D eigenvalue weighted by Gasteiger charge is -2.11. The van der Waals surface area contributed by atoms with Gasteiger partial charge >= 0.3 is 0 Å². The zero-order valence-corrected chi connectivity index (χ0v) is 9.01. The molecule has 0 fully saturated rings. The minimum Gasteiger partial charge on any atom is -0.330 e. The van der Waals surface area contributed by atoms with Crippen molar-refractivity contribution in [2.45, 2.75) is 6.92 Å². The Hall–Kier alpha value is -1.13. The standard InChI is InChI=1S/C10H12ClFN2O/c1-6(5-13)10(15)14-9-7(11)3-2-4-8(9)12/h2-4,6H,5,13H2,1H3,(H,14,15). The number of hydrogen-bond donors (Lipinski definition) is 2. The summed E-state index contributed by atoms with van der Waals surface area (Å²) in [5.74, 6) is -1.27. The zero-order valence-electron chi connectivity index (χ0n) is 8.26. The van der Waals surface area contributed by atoms with Crippen molar-refractivity contribution < 1.29 is 9.18 Å². The van der Waals surface area contributed by atoms with Crippen molar-refractivity contribution in [3.63, 3.8) is 0 Å². The fourth-order valence-corrected chi connectivity index (χ4v) is 1.18. The molecule has 1 unspecified atom stereocenters. The van der Waals surface area contributed by atoms with E-state index in [1.165, 1.54) is 18.2 Å². The van der Waals surface area contributed by atoms with Crippen molar-refractivity contribution in [1.29, 1.82) is 0 Å². The van der Waals surface area contributed by atoms with Crippen molar-refractivity contribution in [2.24, 2.45) is 11.7 Å². The molecule has 1 aromatic rings. The fourth-order valence-electron chi connectivity index (χ4n) is 0.971. The van der Waals surface area contributed by atoms with Gasteiger partial charge in [0.2, 0.25) is 5.91 Å². The molecule has 0 heterocycles. The molecule has 0 saturated heterocycles. The molecule has 5 heteroatoms.